The van der Waals surface area contributed by atoms with Crippen LogP contribution in [-0.4, -0.2) is 23.8 Å². The number of benzene rings is 1. The van der Waals surface area contributed by atoms with Crippen molar-refractivity contribution in [3.8, 4) is 22.8 Å². The van der Waals surface area contributed by atoms with Crippen molar-refractivity contribution in [2.24, 2.45) is 7.05 Å². The minimum atomic E-state index is 0.478. The SMILES string of the molecule is COc1cccc(OC)c1-c1cc2cc(Cl)ncc2n1C. The molecule has 3 rings (SSSR count). The molecule has 3 aromatic rings. The Hall–Kier alpha value is -2.20. The summed E-state index contributed by atoms with van der Waals surface area (Å²) in [5, 5.41) is 1.51. The molecule has 0 radical (unpaired) electrons. The van der Waals surface area contributed by atoms with Gasteiger partial charge in [-0.05, 0) is 24.3 Å². The van der Waals surface area contributed by atoms with Gasteiger partial charge in [0.05, 0.1) is 37.2 Å². The van der Waals surface area contributed by atoms with Crippen molar-refractivity contribution in [2.45, 2.75) is 0 Å². The van der Waals surface area contributed by atoms with Gasteiger partial charge in [-0.3, -0.25) is 0 Å². The Morgan fingerprint density at radius 1 is 1.10 bits per heavy atom. The van der Waals surface area contributed by atoms with Crippen LogP contribution in [0.15, 0.2) is 36.5 Å². The number of rotatable bonds is 3. The Bertz CT molecular complexity index is 789. The quantitative estimate of drug-likeness (QED) is 0.688. The van der Waals surface area contributed by atoms with E-state index >= 15 is 0 Å². The average Bonchev–Trinajstić information content (AvgIpc) is 2.82. The molecule has 4 nitrogen and oxygen atoms in total. The Kier molecular flexibility index (Phi) is 3.47. The Labute approximate surface area is 127 Å². The third kappa shape index (κ3) is 2.21. The summed E-state index contributed by atoms with van der Waals surface area (Å²) < 4.78 is 13.0. The lowest BCUT2D eigenvalue weighted by Gasteiger charge is -2.13. The summed E-state index contributed by atoms with van der Waals surface area (Å²) in [5.74, 6) is 1.53. The maximum atomic E-state index is 5.97. The molecule has 21 heavy (non-hydrogen) atoms. The van der Waals surface area contributed by atoms with E-state index in [0.717, 1.165) is 33.7 Å². The van der Waals surface area contributed by atoms with E-state index in [1.54, 1.807) is 20.4 Å². The second-order valence-electron chi connectivity index (χ2n) is 4.69. The van der Waals surface area contributed by atoms with Gasteiger partial charge in [0, 0.05) is 12.4 Å². The molecule has 0 aliphatic heterocycles. The zero-order valence-corrected chi connectivity index (χ0v) is 12.8. The first kappa shape index (κ1) is 13.8. The molecule has 0 fully saturated rings. The molecule has 0 saturated heterocycles. The minimum absolute atomic E-state index is 0.478. The van der Waals surface area contributed by atoms with Crippen LogP contribution in [0.25, 0.3) is 22.2 Å². The van der Waals surface area contributed by atoms with E-state index in [-0.39, 0.29) is 0 Å². The molecule has 0 spiro atoms. The summed E-state index contributed by atoms with van der Waals surface area (Å²) in [6.07, 6.45) is 1.77. The average molecular weight is 303 g/mol. The van der Waals surface area contributed by atoms with Crippen LogP contribution in [0.5, 0.6) is 11.5 Å². The number of halogens is 1. The number of nitrogens with zero attached hydrogens (tertiary/aromatic N) is 2. The van der Waals surface area contributed by atoms with Crippen molar-refractivity contribution >= 4 is 22.5 Å². The van der Waals surface area contributed by atoms with E-state index in [0.29, 0.717) is 5.15 Å². The van der Waals surface area contributed by atoms with Gasteiger partial charge in [0.15, 0.2) is 0 Å². The van der Waals surface area contributed by atoms with Gasteiger partial charge in [-0.25, -0.2) is 4.98 Å². The molecule has 0 aliphatic carbocycles. The molecule has 5 heteroatoms. The van der Waals surface area contributed by atoms with Crippen LogP contribution in [0.1, 0.15) is 0 Å². The lowest BCUT2D eigenvalue weighted by Crippen LogP contribution is -1.97. The fourth-order valence-electron chi connectivity index (χ4n) is 2.55. The van der Waals surface area contributed by atoms with E-state index in [9.17, 15) is 0 Å². The molecule has 2 aromatic heterocycles. The zero-order valence-electron chi connectivity index (χ0n) is 12.1. The van der Waals surface area contributed by atoms with Gasteiger partial charge < -0.3 is 14.0 Å². The number of hydrogen-bond donors (Lipinski definition) is 0. The molecule has 0 bridgehead atoms. The van der Waals surface area contributed by atoms with Crippen molar-refractivity contribution < 1.29 is 9.47 Å². The fraction of sp³-hybridized carbons (Fsp3) is 0.188. The van der Waals surface area contributed by atoms with E-state index < -0.39 is 0 Å². The lowest BCUT2D eigenvalue weighted by molar-refractivity contribution is 0.397. The molecule has 0 amide bonds. The third-order valence-electron chi connectivity index (χ3n) is 3.58. The van der Waals surface area contributed by atoms with Gasteiger partial charge in [0.25, 0.3) is 0 Å². The van der Waals surface area contributed by atoms with Gasteiger partial charge in [-0.15, -0.1) is 0 Å². The second-order valence-corrected chi connectivity index (χ2v) is 5.08. The molecule has 0 atom stereocenters. The summed E-state index contributed by atoms with van der Waals surface area (Å²) in [6, 6.07) is 9.65. The molecule has 2 heterocycles. The third-order valence-corrected chi connectivity index (χ3v) is 3.79. The van der Waals surface area contributed by atoms with Gasteiger partial charge in [-0.1, -0.05) is 17.7 Å². The lowest BCUT2D eigenvalue weighted by atomic mass is 10.1. The fourth-order valence-corrected chi connectivity index (χ4v) is 2.72. The molecular formula is C16H15ClN2O2. The number of aryl methyl sites for hydroxylation is 1. The van der Waals surface area contributed by atoms with Crippen LogP contribution in [0.4, 0.5) is 0 Å². The van der Waals surface area contributed by atoms with E-state index in [2.05, 4.69) is 15.6 Å². The normalized spacial score (nSPS) is 10.9. The maximum absolute atomic E-state index is 5.97. The van der Waals surface area contributed by atoms with Gasteiger partial charge >= 0.3 is 0 Å². The predicted octanol–water partition coefficient (Wildman–Crippen LogP) is 3.91. The first-order valence-electron chi connectivity index (χ1n) is 6.48. The summed E-state index contributed by atoms with van der Waals surface area (Å²) >= 11 is 5.97. The minimum Gasteiger partial charge on any atom is -0.496 e. The smallest absolute Gasteiger partial charge is 0.131 e. The molecule has 0 aliphatic rings. The molecule has 0 saturated carbocycles. The number of pyridine rings is 1. The number of aromatic nitrogens is 2. The number of hydrogen-bond acceptors (Lipinski definition) is 3. The van der Waals surface area contributed by atoms with Crippen LogP contribution in [0, 0.1) is 0 Å². The summed E-state index contributed by atoms with van der Waals surface area (Å²) in [5.41, 5.74) is 2.91. The van der Waals surface area contributed by atoms with Crippen molar-refractivity contribution in [3.63, 3.8) is 0 Å². The van der Waals surface area contributed by atoms with Crippen LogP contribution < -0.4 is 9.47 Å². The first-order valence-corrected chi connectivity index (χ1v) is 6.86. The highest BCUT2D eigenvalue weighted by Gasteiger charge is 2.17. The summed E-state index contributed by atoms with van der Waals surface area (Å²) in [7, 11) is 5.29. The van der Waals surface area contributed by atoms with Crippen molar-refractivity contribution in [2.75, 3.05) is 14.2 Å². The van der Waals surface area contributed by atoms with Crippen LogP contribution in [0.2, 0.25) is 5.15 Å². The second kappa shape index (κ2) is 5.30. The highest BCUT2D eigenvalue weighted by molar-refractivity contribution is 6.30. The van der Waals surface area contributed by atoms with Crippen molar-refractivity contribution in [3.05, 3.63) is 41.7 Å². The van der Waals surface area contributed by atoms with Crippen LogP contribution in [0.3, 0.4) is 0 Å². The van der Waals surface area contributed by atoms with Gasteiger partial charge in [0.1, 0.15) is 16.7 Å². The topological polar surface area (TPSA) is 36.3 Å². The maximum Gasteiger partial charge on any atom is 0.131 e. The summed E-state index contributed by atoms with van der Waals surface area (Å²) in [6.45, 7) is 0. The van der Waals surface area contributed by atoms with E-state index in [4.69, 9.17) is 21.1 Å². The van der Waals surface area contributed by atoms with E-state index in [1.807, 2.05) is 31.3 Å². The monoisotopic (exact) mass is 302 g/mol. The van der Waals surface area contributed by atoms with Gasteiger partial charge in [-0.2, -0.15) is 0 Å². The number of ether oxygens (including phenoxy) is 2. The number of methoxy groups -OCH3 is 2. The van der Waals surface area contributed by atoms with Crippen LogP contribution in [-0.2, 0) is 7.05 Å². The first-order chi connectivity index (χ1) is 10.2. The molecule has 108 valence electrons. The number of fused-ring (bicyclic) bond motifs is 1. The zero-order chi connectivity index (χ0) is 15.0. The Morgan fingerprint density at radius 2 is 1.76 bits per heavy atom. The summed E-state index contributed by atoms with van der Waals surface area (Å²) in [4.78, 5) is 4.14. The molecule has 0 N–H and O–H groups in total. The van der Waals surface area contributed by atoms with Crippen molar-refractivity contribution in [1.82, 2.24) is 9.55 Å². The molecule has 1 aromatic carbocycles. The largest absolute Gasteiger partial charge is 0.496 e. The van der Waals surface area contributed by atoms with E-state index in [1.165, 1.54) is 0 Å². The van der Waals surface area contributed by atoms with Crippen molar-refractivity contribution in [1.29, 1.82) is 0 Å². The molecule has 0 unspecified atom stereocenters. The highest BCUT2D eigenvalue weighted by Crippen LogP contribution is 2.40. The Balaban J connectivity index is 2.32. The standard InChI is InChI=1S/C16H15ClN2O2/c1-19-11(7-10-8-15(17)18-9-12(10)19)16-13(20-2)5-4-6-14(16)21-3/h4-9H,1-3H3. The highest BCUT2D eigenvalue weighted by atomic mass is 35.5. The Morgan fingerprint density at radius 3 is 2.38 bits per heavy atom. The van der Waals surface area contributed by atoms with Gasteiger partial charge in [0.2, 0.25) is 0 Å². The predicted molar refractivity (Wildman–Crippen MR) is 84.3 cm³/mol. The van der Waals surface area contributed by atoms with Crippen LogP contribution >= 0.6 is 11.6 Å². The molecular weight excluding hydrogens is 288 g/mol.